The monoisotopic (exact) mass is 430 g/mol. The molecule has 0 aromatic heterocycles. The zero-order valence-electron chi connectivity index (χ0n) is 18.3. The summed E-state index contributed by atoms with van der Waals surface area (Å²) in [4.78, 5) is 23.2. The van der Waals surface area contributed by atoms with Crippen LogP contribution in [0.5, 0.6) is 17.2 Å². The topological polar surface area (TPSA) is 102 Å². The van der Waals surface area contributed by atoms with E-state index < -0.39 is 0 Å². The molecule has 2 rings (SSSR count). The molecule has 31 heavy (non-hydrogen) atoms. The molecule has 2 N–H and O–H groups in total. The fourth-order valence-electron chi connectivity index (χ4n) is 3.06. The van der Waals surface area contributed by atoms with Gasteiger partial charge in [-0.1, -0.05) is 19.9 Å². The number of phenolic OH excluding ortho intramolecular Hbond substituents is 2. The van der Waals surface area contributed by atoms with E-state index in [1.807, 2.05) is 13.8 Å². The maximum absolute atomic E-state index is 11.7. The first-order valence-electron chi connectivity index (χ1n) is 10.4. The van der Waals surface area contributed by atoms with Gasteiger partial charge >= 0.3 is 11.9 Å². The van der Waals surface area contributed by atoms with Gasteiger partial charge in [-0.2, -0.15) is 0 Å². The van der Waals surface area contributed by atoms with Crippen LogP contribution in [0.3, 0.4) is 0 Å². The van der Waals surface area contributed by atoms with Crippen LogP contribution < -0.4 is 4.74 Å². The predicted molar refractivity (Wildman–Crippen MR) is 116 cm³/mol. The number of methoxy groups -OCH3 is 1. The molecule has 0 saturated heterocycles. The van der Waals surface area contributed by atoms with E-state index in [0.717, 1.165) is 12.0 Å². The maximum atomic E-state index is 11.7. The van der Waals surface area contributed by atoms with Gasteiger partial charge in [-0.25, -0.2) is 0 Å². The predicted octanol–water partition coefficient (Wildman–Crippen LogP) is 4.50. The smallest absolute Gasteiger partial charge is 0.306 e. The Bertz CT molecular complexity index is 905. The van der Waals surface area contributed by atoms with Gasteiger partial charge in [0.2, 0.25) is 0 Å². The molecule has 168 valence electrons. The van der Waals surface area contributed by atoms with Gasteiger partial charge in [0.05, 0.1) is 13.7 Å². The molecule has 0 amide bonds. The van der Waals surface area contributed by atoms with Crippen molar-refractivity contribution in [2.24, 2.45) is 0 Å². The second-order valence-electron chi connectivity index (χ2n) is 7.18. The van der Waals surface area contributed by atoms with Crippen molar-refractivity contribution in [1.29, 1.82) is 0 Å². The summed E-state index contributed by atoms with van der Waals surface area (Å²) < 4.78 is 15.7. The molecule has 7 nitrogen and oxygen atoms in total. The van der Waals surface area contributed by atoms with Crippen molar-refractivity contribution in [3.05, 3.63) is 41.5 Å². The van der Waals surface area contributed by atoms with Crippen LogP contribution in [0.2, 0.25) is 0 Å². The standard InChI is InChI=1S/C24H30O7/c1-4-6-22(26)30-11-10-16-8-9-20(25)18(12-16)19-13-17(14-21(29-3)24(19)28)15-31-23(27)7-5-2/h8-9,12-14,25,28H,4-7,10-11,15H2,1-3H3. The molecule has 0 aliphatic rings. The molecule has 0 radical (unpaired) electrons. The van der Waals surface area contributed by atoms with E-state index in [1.165, 1.54) is 13.2 Å². The Labute approximate surface area is 182 Å². The fourth-order valence-corrected chi connectivity index (χ4v) is 3.06. The van der Waals surface area contributed by atoms with Crippen LogP contribution in [-0.2, 0) is 32.1 Å². The Morgan fingerprint density at radius 1 is 0.871 bits per heavy atom. The third-order valence-corrected chi connectivity index (χ3v) is 4.67. The first kappa shape index (κ1) is 24.1. The van der Waals surface area contributed by atoms with Crippen molar-refractivity contribution in [3.63, 3.8) is 0 Å². The molecule has 0 atom stereocenters. The minimum absolute atomic E-state index is 0.0239. The highest BCUT2D eigenvalue weighted by Gasteiger charge is 2.17. The van der Waals surface area contributed by atoms with Gasteiger partial charge in [0, 0.05) is 30.4 Å². The van der Waals surface area contributed by atoms with Crippen LogP contribution in [0.1, 0.15) is 50.7 Å². The molecule has 0 aliphatic carbocycles. The number of ether oxygens (including phenoxy) is 3. The van der Waals surface area contributed by atoms with E-state index in [9.17, 15) is 19.8 Å². The second-order valence-corrected chi connectivity index (χ2v) is 7.18. The van der Waals surface area contributed by atoms with Crippen LogP contribution in [0, 0.1) is 0 Å². The summed E-state index contributed by atoms with van der Waals surface area (Å²) in [6.45, 7) is 4.05. The average Bonchev–Trinajstić information content (AvgIpc) is 2.74. The lowest BCUT2D eigenvalue weighted by Gasteiger charge is -2.15. The number of carbonyl (C=O) groups is 2. The SMILES string of the molecule is CCCC(=O)OCCc1ccc(O)c(-c2cc(COC(=O)CCC)cc(OC)c2O)c1. The lowest BCUT2D eigenvalue weighted by molar-refractivity contribution is -0.145. The Morgan fingerprint density at radius 2 is 1.52 bits per heavy atom. The third-order valence-electron chi connectivity index (χ3n) is 4.67. The van der Waals surface area contributed by atoms with Gasteiger partial charge in [0.15, 0.2) is 11.5 Å². The van der Waals surface area contributed by atoms with Crippen LogP contribution in [-0.4, -0.2) is 35.9 Å². The molecular formula is C24H30O7. The van der Waals surface area contributed by atoms with Crippen molar-refractivity contribution < 1.29 is 34.0 Å². The molecular weight excluding hydrogens is 400 g/mol. The van der Waals surface area contributed by atoms with E-state index in [1.54, 1.807) is 24.3 Å². The highest BCUT2D eigenvalue weighted by Crippen LogP contribution is 2.42. The highest BCUT2D eigenvalue weighted by atomic mass is 16.5. The van der Waals surface area contributed by atoms with Crippen molar-refractivity contribution in [3.8, 4) is 28.4 Å². The summed E-state index contributed by atoms with van der Waals surface area (Å²) in [5.74, 6) is -0.498. The molecule has 0 spiro atoms. The van der Waals surface area contributed by atoms with E-state index in [-0.39, 0.29) is 42.4 Å². The van der Waals surface area contributed by atoms with E-state index in [4.69, 9.17) is 14.2 Å². The Hall–Kier alpha value is -3.22. The van der Waals surface area contributed by atoms with E-state index >= 15 is 0 Å². The normalized spacial score (nSPS) is 10.5. The molecule has 0 heterocycles. The van der Waals surface area contributed by atoms with Gasteiger partial charge in [-0.3, -0.25) is 9.59 Å². The summed E-state index contributed by atoms with van der Waals surface area (Å²) >= 11 is 0. The number of hydrogen-bond donors (Lipinski definition) is 2. The van der Waals surface area contributed by atoms with Crippen LogP contribution in [0.15, 0.2) is 30.3 Å². The molecule has 0 saturated carbocycles. The zero-order valence-corrected chi connectivity index (χ0v) is 18.3. The zero-order chi connectivity index (χ0) is 22.8. The lowest BCUT2D eigenvalue weighted by Crippen LogP contribution is -2.07. The summed E-state index contributed by atoms with van der Waals surface area (Å²) in [6, 6.07) is 8.23. The maximum Gasteiger partial charge on any atom is 0.306 e. The minimum atomic E-state index is -0.307. The Kier molecular flexibility index (Phi) is 9.18. The molecule has 0 bridgehead atoms. The molecule has 0 fully saturated rings. The second kappa shape index (κ2) is 11.8. The van der Waals surface area contributed by atoms with E-state index in [0.29, 0.717) is 42.4 Å². The third kappa shape index (κ3) is 6.91. The first-order valence-corrected chi connectivity index (χ1v) is 10.4. The van der Waals surface area contributed by atoms with Crippen molar-refractivity contribution in [2.75, 3.05) is 13.7 Å². The number of aromatic hydroxyl groups is 2. The van der Waals surface area contributed by atoms with Gasteiger partial charge in [-0.15, -0.1) is 0 Å². The average molecular weight is 430 g/mol. The number of carbonyl (C=O) groups excluding carboxylic acids is 2. The highest BCUT2D eigenvalue weighted by molar-refractivity contribution is 5.79. The number of phenols is 2. The molecule has 0 aliphatic heterocycles. The van der Waals surface area contributed by atoms with Crippen molar-refractivity contribution in [1.82, 2.24) is 0 Å². The van der Waals surface area contributed by atoms with Crippen LogP contribution in [0.25, 0.3) is 11.1 Å². The Morgan fingerprint density at radius 3 is 2.16 bits per heavy atom. The number of hydrogen-bond acceptors (Lipinski definition) is 7. The van der Waals surface area contributed by atoms with Crippen molar-refractivity contribution in [2.45, 2.75) is 52.6 Å². The number of rotatable bonds is 11. The first-order chi connectivity index (χ1) is 14.9. The molecule has 2 aromatic rings. The largest absolute Gasteiger partial charge is 0.507 e. The molecule has 0 unspecified atom stereocenters. The molecule has 7 heteroatoms. The van der Waals surface area contributed by atoms with Gasteiger partial charge in [-0.05, 0) is 48.2 Å². The van der Waals surface area contributed by atoms with Crippen molar-refractivity contribution >= 4 is 11.9 Å². The fraction of sp³-hybridized carbons (Fsp3) is 0.417. The summed E-state index contributed by atoms with van der Waals surface area (Å²) in [6.07, 6.45) is 2.59. The summed E-state index contributed by atoms with van der Waals surface area (Å²) in [5, 5.41) is 21.1. The molecule has 2 aromatic carbocycles. The van der Waals surface area contributed by atoms with Gasteiger partial charge < -0.3 is 24.4 Å². The van der Waals surface area contributed by atoms with Gasteiger partial charge in [0.25, 0.3) is 0 Å². The summed E-state index contributed by atoms with van der Waals surface area (Å²) in [7, 11) is 1.42. The minimum Gasteiger partial charge on any atom is -0.507 e. The van der Waals surface area contributed by atoms with Crippen LogP contribution >= 0.6 is 0 Å². The lowest BCUT2D eigenvalue weighted by atomic mass is 9.97. The Balaban J connectivity index is 2.27. The quantitative estimate of drug-likeness (QED) is 0.506. The number of benzene rings is 2. The summed E-state index contributed by atoms with van der Waals surface area (Å²) in [5.41, 5.74) is 2.20. The van der Waals surface area contributed by atoms with Crippen LogP contribution in [0.4, 0.5) is 0 Å². The number of esters is 2. The van der Waals surface area contributed by atoms with E-state index in [2.05, 4.69) is 0 Å². The van der Waals surface area contributed by atoms with Gasteiger partial charge in [0.1, 0.15) is 12.4 Å².